The van der Waals surface area contributed by atoms with Crippen LogP contribution in [-0.4, -0.2) is 16.9 Å². The molecule has 2 nitrogen and oxygen atoms in total. The Kier molecular flexibility index (Phi) is 2.08. The molecule has 0 spiro atoms. The third-order valence-electron chi connectivity index (χ3n) is 3.91. The molecule has 3 atom stereocenters. The molecule has 2 heterocycles. The van der Waals surface area contributed by atoms with Gasteiger partial charge in [-0.25, -0.2) is 0 Å². The highest BCUT2D eigenvalue weighted by molar-refractivity contribution is 5.24. The maximum absolute atomic E-state index is 10.5. The smallest absolute Gasteiger partial charge is 0.123 e. The predicted octanol–water partition coefficient (Wildman–Crippen LogP) is 2.00. The highest BCUT2D eigenvalue weighted by atomic mass is 16.3. The molecule has 0 radical (unpaired) electrons. The van der Waals surface area contributed by atoms with E-state index in [4.69, 9.17) is 0 Å². The highest BCUT2D eigenvalue weighted by Crippen LogP contribution is 2.43. The fraction of sp³-hybridized carbons (Fsp3) is 0.538. The minimum atomic E-state index is -0.635. The number of piperidine rings is 1. The number of aliphatic hydroxyl groups is 1. The van der Waals surface area contributed by atoms with Gasteiger partial charge in [0.05, 0.1) is 0 Å². The number of nitrogens with one attached hydrogen (secondary N) is 1. The zero-order valence-electron chi connectivity index (χ0n) is 8.82. The highest BCUT2D eigenvalue weighted by Gasteiger charge is 2.47. The Labute approximate surface area is 90.3 Å². The molecule has 3 rings (SSSR count). The Hall–Kier alpha value is -0.860. The molecule has 80 valence electrons. The van der Waals surface area contributed by atoms with Crippen LogP contribution in [0.4, 0.5) is 0 Å². The second-order valence-corrected chi connectivity index (χ2v) is 4.84. The van der Waals surface area contributed by atoms with Crippen molar-refractivity contribution in [2.45, 2.75) is 43.4 Å². The van der Waals surface area contributed by atoms with Crippen molar-refractivity contribution in [3.63, 3.8) is 0 Å². The van der Waals surface area contributed by atoms with Gasteiger partial charge in [-0.3, -0.25) is 5.32 Å². The maximum Gasteiger partial charge on any atom is 0.123 e. The normalized spacial score (nSPS) is 39.3. The first kappa shape index (κ1) is 9.37. The van der Waals surface area contributed by atoms with Crippen LogP contribution in [0.2, 0.25) is 0 Å². The van der Waals surface area contributed by atoms with E-state index in [-0.39, 0.29) is 5.92 Å². The van der Waals surface area contributed by atoms with Crippen molar-refractivity contribution >= 4 is 0 Å². The predicted molar refractivity (Wildman–Crippen MR) is 59.5 cm³/mol. The van der Waals surface area contributed by atoms with Crippen molar-refractivity contribution in [2.24, 2.45) is 0 Å². The van der Waals surface area contributed by atoms with Gasteiger partial charge in [0.2, 0.25) is 0 Å². The summed E-state index contributed by atoms with van der Waals surface area (Å²) >= 11 is 0. The van der Waals surface area contributed by atoms with E-state index in [2.05, 4.69) is 29.6 Å². The van der Waals surface area contributed by atoms with Gasteiger partial charge in [-0.05, 0) is 31.2 Å². The van der Waals surface area contributed by atoms with Gasteiger partial charge in [0, 0.05) is 12.0 Å². The zero-order chi connectivity index (χ0) is 10.3. The Balaban J connectivity index is 1.93. The van der Waals surface area contributed by atoms with Crippen molar-refractivity contribution in [1.29, 1.82) is 0 Å². The molecule has 15 heavy (non-hydrogen) atoms. The summed E-state index contributed by atoms with van der Waals surface area (Å²) in [4.78, 5) is 0. The van der Waals surface area contributed by atoms with Crippen molar-refractivity contribution in [2.75, 3.05) is 0 Å². The SMILES string of the molecule is OC12CCC(CCC1c1ccccc1)N2. The Morgan fingerprint density at radius 2 is 1.93 bits per heavy atom. The molecule has 0 aliphatic carbocycles. The van der Waals surface area contributed by atoms with Crippen LogP contribution in [0.15, 0.2) is 30.3 Å². The van der Waals surface area contributed by atoms with Crippen LogP contribution in [0.3, 0.4) is 0 Å². The van der Waals surface area contributed by atoms with E-state index in [0.717, 1.165) is 19.3 Å². The summed E-state index contributed by atoms with van der Waals surface area (Å²) in [6.45, 7) is 0. The van der Waals surface area contributed by atoms with Gasteiger partial charge >= 0.3 is 0 Å². The number of hydrogen-bond acceptors (Lipinski definition) is 2. The standard InChI is InChI=1S/C13H17NO/c15-13-9-8-11(14-13)6-7-12(13)10-4-2-1-3-5-10/h1-5,11-12,14-15H,6-9H2. The lowest BCUT2D eigenvalue weighted by Crippen LogP contribution is -2.51. The van der Waals surface area contributed by atoms with Crippen LogP contribution in [0.25, 0.3) is 0 Å². The average molecular weight is 203 g/mol. The fourth-order valence-electron chi connectivity index (χ4n) is 3.12. The van der Waals surface area contributed by atoms with Gasteiger partial charge in [-0.15, -0.1) is 0 Å². The number of benzene rings is 1. The summed E-state index contributed by atoms with van der Waals surface area (Å²) in [6.07, 6.45) is 4.33. The maximum atomic E-state index is 10.5. The van der Waals surface area contributed by atoms with Crippen LogP contribution in [0, 0.1) is 0 Å². The van der Waals surface area contributed by atoms with E-state index >= 15 is 0 Å². The molecule has 3 unspecified atom stereocenters. The Morgan fingerprint density at radius 1 is 1.13 bits per heavy atom. The molecule has 2 N–H and O–H groups in total. The van der Waals surface area contributed by atoms with Gasteiger partial charge < -0.3 is 5.11 Å². The third kappa shape index (κ3) is 1.48. The molecule has 0 amide bonds. The average Bonchev–Trinajstić information content (AvgIpc) is 2.56. The number of hydrogen-bond donors (Lipinski definition) is 2. The molecule has 2 fully saturated rings. The molecule has 2 aliphatic rings. The summed E-state index contributed by atoms with van der Waals surface area (Å²) in [5.74, 6) is 0.275. The largest absolute Gasteiger partial charge is 0.375 e. The molecular formula is C13H17NO. The van der Waals surface area contributed by atoms with Crippen molar-refractivity contribution < 1.29 is 5.11 Å². The molecule has 2 bridgehead atoms. The van der Waals surface area contributed by atoms with Gasteiger partial charge in [-0.2, -0.15) is 0 Å². The Bertz CT molecular complexity index is 351. The van der Waals surface area contributed by atoms with Crippen LogP contribution in [0.1, 0.15) is 37.2 Å². The number of fused-ring (bicyclic) bond motifs is 2. The minimum absolute atomic E-state index is 0.275. The van der Waals surface area contributed by atoms with Gasteiger partial charge in [0.15, 0.2) is 0 Å². The fourth-order valence-corrected chi connectivity index (χ4v) is 3.12. The Morgan fingerprint density at radius 3 is 2.73 bits per heavy atom. The molecule has 0 saturated carbocycles. The third-order valence-corrected chi connectivity index (χ3v) is 3.91. The lowest BCUT2D eigenvalue weighted by atomic mass is 9.83. The molecule has 2 heteroatoms. The van der Waals surface area contributed by atoms with Crippen molar-refractivity contribution in [3.8, 4) is 0 Å². The lowest BCUT2D eigenvalue weighted by Gasteiger charge is -2.38. The second-order valence-electron chi connectivity index (χ2n) is 4.84. The van der Waals surface area contributed by atoms with Crippen molar-refractivity contribution in [3.05, 3.63) is 35.9 Å². The topological polar surface area (TPSA) is 32.3 Å². The first-order valence-corrected chi connectivity index (χ1v) is 5.83. The second kappa shape index (κ2) is 3.32. The zero-order valence-corrected chi connectivity index (χ0v) is 8.82. The first-order chi connectivity index (χ1) is 7.28. The number of rotatable bonds is 1. The molecule has 0 aromatic heterocycles. The van der Waals surface area contributed by atoms with Crippen molar-refractivity contribution in [1.82, 2.24) is 5.32 Å². The van der Waals surface area contributed by atoms with Crippen LogP contribution in [-0.2, 0) is 0 Å². The molecular weight excluding hydrogens is 186 g/mol. The van der Waals surface area contributed by atoms with E-state index < -0.39 is 5.72 Å². The van der Waals surface area contributed by atoms with E-state index in [1.54, 1.807) is 0 Å². The molecule has 1 aromatic rings. The van der Waals surface area contributed by atoms with Crippen LogP contribution < -0.4 is 5.32 Å². The summed E-state index contributed by atoms with van der Waals surface area (Å²) in [6, 6.07) is 10.9. The summed E-state index contributed by atoms with van der Waals surface area (Å²) in [5.41, 5.74) is 0.637. The van der Waals surface area contributed by atoms with Gasteiger partial charge in [-0.1, -0.05) is 30.3 Å². The minimum Gasteiger partial charge on any atom is -0.375 e. The monoisotopic (exact) mass is 203 g/mol. The van der Waals surface area contributed by atoms with Crippen LogP contribution >= 0.6 is 0 Å². The van der Waals surface area contributed by atoms with Crippen LogP contribution in [0.5, 0.6) is 0 Å². The summed E-state index contributed by atoms with van der Waals surface area (Å²) in [7, 11) is 0. The van der Waals surface area contributed by atoms with E-state index in [0.29, 0.717) is 6.04 Å². The molecule has 2 saturated heterocycles. The molecule has 2 aliphatic heterocycles. The lowest BCUT2D eigenvalue weighted by molar-refractivity contribution is -0.0234. The summed E-state index contributed by atoms with van der Waals surface area (Å²) in [5, 5.41) is 13.9. The van der Waals surface area contributed by atoms with E-state index in [9.17, 15) is 5.11 Å². The quantitative estimate of drug-likeness (QED) is 0.731. The van der Waals surface area contributed by atoms with E-state index in [1.807, 2.05) is 6.07 Å². The van der Waals surface area contributed by atoms with E-state index in [1.165, 1.54) is 12.0 Å². The van der Waals surface area contributed by atoms with Gasteiger partial charge in [0.1, 0.15) is 5.72 Å². The van der Waals surface area contributed by atoms with Gasteiger partial charge in [0.25, 0.3) is 0 Å². The first-order valence-electron chi connectivity index (χ1n) is 5.83. The molecule has 1 aromatic carbocycles. The summed E-state index contributed by atoms with van der Waals surface area (Å²) < 4.78 is 0.